The second-order valence-electron chi connectivity index (χ2n) is 9.39. The summed E-state index contributed by atoms with van der Waals surface area (Å²) in [5.41, 5.74) is 1.71. The van der Waals surface area contributed by atoms with E-state index in [4.69, 9.17) is 4.98 Å². The summed E-state index contributed by atoms with van der Waals surface area (Å²) < 4.78 is 0. The number of pyridine rings is 1. The molecule has 1 aromatic heterocycles. The Labute approximate surface area is 215 Å². The summed E-state index contributed by atoms with van der Waals surface area (Å²) in [6.45, 7) is 9.07. The van der Waals surface area contributed by atoms with E-state index in [1.807, 2.05) is 56.3 Å². The first-order valence-corrected chi connectivity index (χ1v) is 12.6. The van der Waals surface area contributed by atoms with Crippen molar-refractivity contribution in [3.63, 3.8) is 0 Å². The summed E-state index contributed by atoms with van der Waals surface area (Å²) in [5, 5.41) is 18.1. The van der Waals surface area contributed by atoms with Crippen LogP contribution in [0.1, 0.15) is 44.9 Å². The quantitative estimate of drug-likeness (QED) is 0.255. The van der Waals surface area contributed by atoms with Gasteiger partial charge in [-0.15, -0.1) is 0 Å². The van der Waals surface area contributed by atoms with Gasteiger partial charge in [-0.05, 0) is 48.9 Å². The fraction of sp³-hybridized carbons (Fsp3) is 0.310. The summed E-state index contributed by atoms with van der Waals surface area (Å²) >= 11 is 0. The maximum absolute atomic E-state index is 12.2. The van der Waals surface area contributed by atoms with Crippen molar-refractivity contribution in [3.05, 3.63) is 86.3 Å². The number of carboxylic acid groups (broad SMARTS) is 1. The zero-order valence-corrected chi connectivity index (χ0v) is 21.5. The lowest BCUT2D eigenvalue weighted by Crippen LogP contribution is -2.45. The highest BCUT2D eigenvalue weighted by atomic mass is 16.4. The molecular formula is C29H32N4O4. The summed E-state index contributed by atoms with van der Waals surface area (Å²) in [5.74, 6) is -0.0474. The number of fused-ring (bicyclic) bond motifs is 1. The maximum Gasteiger partial charge on any atom is 0.326 e. The Morgan fingerprint density at radius 3 is 2.30 bits per heavy atom. The molecule has 0 spiro atoms. The topological polar surface area (TPSA) is 112 Å². The number of aliphatic carboxylic acids is 1. The smallest absolute Gasteiger partial charge is 0.326 e. The lowest BCUT2D eigenvalue weighted by Gasteiger charge is -2.26. The third kappa shape index (κ3) is 5.33. The predicted octanol–water partition coefficient (Wildman–Crippen LogP) is 4.65. The van der Waals surface area contributed by atoms with Crippen LogP contribution in [0.25, 0.3) is 10.8 Å². The molecule has 8 nitrogen and oxygen atoms in total. The zero-order chi connectivity index (χ0) is 26.7. The molecule has 3 N–H and O–H groups in total. The standard InChI is InChI=1S/C29H32N4O4/c1-5-33(6-2)25-24(26(34)27(25)35)31-23(29(36)37)15-18-11-13-20(14-12-18)30-28-21-10-8-7-9-19(21)16-22(32-28)17(3)4/h7-14,16-17,23,31H,5-6,15H2,1-4H3,(H,30,32)(H,36,37)/t23-/m0/s1. The Balaban J connectivity index is 1.53. The average Bonchev–Trinajstić information content (AvgIpc) is 2.90. The van der Waals surface area contributed by atoms with Crippen molar-refractivity contribution in [2.75, 3.05) is 28.6 Å². The first-order chi connectivity index (χ1) is 17.7. The molecule has 0 fully saturated rings. The minimum Gasteiger partial charge on any atom is -0.480 e. The summed E-state index contributed by atoms with van der Waals surface area (Å²) in [7, 11) is 0. The van der Waals surface area contributed by atoms with Crippen LogP contribution in [0.5, 0.6) is 0 Å². The van der Waals surface area contributed by atoms with Gasteiger partial charge in [0.25, 0.3) is 10.9 Å². The Morgan fingerprint density at radius 1 is 1.00 bits per heavy atom. The number of carboxylic acids is 1. The van der Waals surface area contributed by atoms with Crippen molar-refractivity contribution in [1.82, 2.24) is 4.98 Å². The van der Waals surface area contributed by atoms with Crippen LogP contribution in [0.15, 0.2) is 64.2 Å². The van der Waals surface area contributed by atoms with Gasteiger partial charge >= 0.3 is 5.97 Å². The van der Waals surface area contributed by atoms with Crippen molar-refractivity contribution in [1.29, 1.82) is 0 Å². The molecule has 0 unspecified atom stereocenters. The van der Waals surface area contributed by atoms with Gasteiger partial charge in [0.15, 0.2) is 0 Å². The lowest BCUT2D eigenvalue weighted by atomic mass is 10.0. The van der Waals surface area contributed by atoms with Crippen molar-refractivity contribution < 1.29 is 9.90 Å². The second-order valence-corrected chi connectivity index (χ2v) is 9.39. The highest BCUT2D eigenvalue weighted by molar-refractivity contribution is 5.93. The molecule has 1 atom stereocenters. The fourth-order valence-corrected chi connectivity index (χ4v) is 4.44. The van der Waals surface area contributed by atoms with Gasteiger partial charge in [0, 0.05) is 36.3 Å². The molecule has 0 radical (unpaired) electrons. The molecule has 3 aromatic carbocycles. The van der Waals surface area contributed by atoms with E-state index in [1.165, 1.54) is 0 Å². The molecule has 37 heavy (non-hydrogen) atoms. The normalized spacial score (nSPS) is 12.1. The Morgan fingerprint density at radius 2 is 1.68 bits per heavy atom. The molecule has 4 rings (SSSR count). The van der Waals surface area contributed by atoms with Crippen molar-refractivity contribution in [2.24, 2.45) is 0 Å². The first-order valence-electron chi connectivity index (χ1n) is 12.6. The minimum absolute atomic E-state index is 0.0855. The molecule has 0 saturated heterocycles. The van der Waals surface area contributed by atoms with Crippen LogP contribution in [-0.2, 0) is 11.2 Å². The third-order valence-electron chi connectivity index (χ3n) is 6.59. The van der Waals surface area contributed by atoms with Crippen LogP contribution in [0, 0.1) is 0 Å². The zero-order valence-electron chi connectivity index (χ0n) is 21.5. The van der Waals surface area contributed by atoms with Crippen LogP contribution in [0.2, 0.25) is 0 Å². The van der Waals surface area contributed by atoms with Crippen molar-refractivity contribution >= 4 is 39.6 Å². The minimum atomic E-state index is -1.10. The molecule has 0 aliphatic rings. The molecule has 0 aliphatic carbocycles. The van der Waals surface area contributed by atoms with E-state index in [9.17, 15) is 19.5 Å². The number of nitrogens with one attached hydrogen (secondary N) is 2. The van der Waals surface area contributed by atoms with E-state index < -0.39 is 22.9 Å². The van der Waals surface area contributed by atoms with Crippen molar-refractivity contribution in [3.8, 4) is 0 Å². The van der Waals surface area contributed by atoms with Crippen molar-refractivity contribution in [2.45, 2.75) is 46.1 Å². The predicted molar refractivity (Wildman–Crippen MR) is 149 cm³/mol. The largest absolute Gasteiger partial charge is 0.480 e. The summed E-state index contributed by atoms with van der Waals surface area (Å²) in [6.07, 6.45) is 0.149. The number of hydrogen-bond donors (Lipinski definition) is 3. The van der Waals surface area contributed by atoms with Gasteiger partial charge in [0.05, 0.1) is 0 Å². The van der Waals surface area contributed by atoms with E-state index in [-0.39, 0.29) is 23.7 Å². The van der Waals surface area contributed by atoms with E-state index in [1.54, 1.807) is 4.90 Å². The Kier molecular flexibility index (Phi) is 7.57. The highest BCUT2D eigenvalue weighted by Crippen LogP contribution is 2.28. The number of carbonyl (C=O) groups is 1. The van der Waals surface area contributed by atoms with E-state index in [2.05, 4.69) is 36.6 Å². The van der Waals surface area contributed by atoms with Crippen LogP contribution >= 0.6 is 0 Å². The third-order valence-corrected chi connectivity index (χ3v) is 6.59. The number of anilines is 4. The molecule has 1 heterocycles. The second kappa shape index (κ2) is 10.8. The summed E-state index contributed by atoms with van der Waals surface area (Å²) in [6, 6.07) is 16.6. The van der Waals surface area contributed by atoms with Crippen LogP contribution in [-0.4, -0.2) is 35.2 Å². The number of hydrogen-bond acceptors (Lipinski definition) is 7. The monoisotopic (exact) mass is 500 g/mol. The van der Waals surface area contributed by atoms with Gasteiger partial charge < -0.3 is 20.6 Å². The molecule has 0 aliphatic heterocycles. The highest BCUT2D eigenvalue weighted by Gasteiger charge is 2.29. The number of nitrogens with zero attached hydrogens (tertiary/aromatic N) is 2. The van der Waals surface area contributed by atoms with Crippen LogP contribution in [0.3, 0.4) is 0 Å². The van der Waals surface area contributed by atoms with Gasteiger partial charge in [-0.3, -0.25) is 9.59 Å². The summed E-state index contributed by atoms with van der Waals surface area (Å²) in [4.78, 5) is 42.9. The molecular weight excluding hydrogens is 468 g/mol. The number of aromatic nitrogens is 1. The molecule has 8 heteroatoms. The van der Waals surface area contributed by atoms with E-state index in [0.717, 1.165) is 33.5 Å². The van der Waals surface area contributed by atoms with E-state index in [0.29, 0.717) is 13.1 Å². The first kappa shape index (κ1) is 25.9. The van der Waals surface area contributed by atoms with Gasteiger partial charge in [0.2, 0.25) is 0 Å². The molecule has 0 amide bonds. The van der Waals surface area contributed by atoms with Gasteiger partial charge in [0.1, 0.15) is 23.2 Å². The Bertz CT molecular complexity index is 1480. The molecule has 4 aromatic rings. The average molecular weight is 501 g/mol. The fourth-order valence-electron chi connectivity index (χ4n) is 4.44. The molecule has 0 saturated carbocycles. The number of rotatable bonds is 11. The van der Waals surface area contributed by atoms with Gasteiger partial charge in [-0.2, -0.15) is 0 Å². The maximum atomic E-state index is 12.2. The van der Waals surface area contributed by atoms with Gasteiger partial charge in [-0.25, -0.2) is 9.78 Å². The molecule has 192 valence electrons. The molecule has 0 bridgehead atoms. The van der Waals surface area contributed by atoms with E-state index >= 15 is 0 Å². The van der Waals surface area contributed by atoms with Gasteiger partial charge in [-0.1, -0.05) is 50.2 Å². The Hall–Kier alpha value is -4.20. The lowest BCUT2D eigenvalue weighted by molar-refractivity contribution is -0.137. The SMILES string of the molecule is CCN(CC)c1c(N[C@@H](Cc2ccc(Nc3nc(C(C)C)cc4ccccc34)cc2)C(=O)O)c(=O)c1=O. The van der Waals surface area contributed by atoms with Crippen LogP contribution in [0.4, 0.5) is 22.9 Å². The van der Waals surface area contributed by atoms with Crippen LogP contribution < -0.4 is 26.4 Å². The number of benzene rings is 2.